The summed E-state index contributed by atoms with van der Waals surface area (Å²) in [7, 11) is 0. The molecule has 1 aromatic heterocycles. The highest BCUT2D eigenvalue weighted by Crippen LogP contribution is 2.30. The van der Waals surface area contributed by atoms with E-state index in [4.69, 9.17) is 10.7 Å². The normalized spacial score (nSPS) is 25.9. The van der Waals surface area contributed by atoms with Gasteiger partial charge in [0.05, 0.1) is 6.17 Å². The Morgan fingerprint density at radius 3 is 2.61 bits per heavy atom. The van der Waals surface area contributed by atoms with Gasteiger partial charge < -0.3 is 10.6 Å². The van der Waals surface area contributed by atoms with Crippen LogP contribution in [0.3, 0.4) is 0 Å². The predicted molar refractivity (Wildman–Crippen MR) is 92.9 cm³/mol. The summed E-state index contributed by atoms with van der Waals surface area (Å²) in [5.74, 6) is 1.52. The number of nitrogens with zero attached hydrogens (tertiary/aromatic N) is 3. The number of piperidine rings is 1. The van der Waals surface area contributed by atoms with Crippen molar-refractivity contribution >= 4 is 16.7 Å². The lowest BCUT2D eigenvalue weighted by Gasteiger charge is -2.34. The van der Waals surface area contributed by atoms with Crippen molar-refractivity contribution < 1.29 is 0 Å². The van der Waals surface area contributed by atoms with Gasteiger partial charge in [0.2, 0.25) is 5.13 Å². The highest BCUT2D eigenvalue weighted by Gasteiger charge is 2.31. The minimum absolute atomic E-state index is 0.0922. The third kappa shape index (κ3) is 3.23. The molecule has 0 spiro atoms. The van der Waals surface area contributed by atoms with Gasteiger partial charge >= 0.3 is 0 Å². The lowest BCUT2D eigenvalue weighted by molar-refractivity contribution is 0.310. The Bertz CT molecular complexity index is 637. The molecule has 0 bridgehead atoms. The van der Waals surface area contributed by atoms with Crippen molar-refractivity contribution in [3.63, 3.8) is 0 Å². The van der Waals surface area contributed by atoms with E-state index in [0.717, 1.165) is 36.0 Å². The van der Waals surface area contributed by atoms with Crippen LogP contribution in [0.4, 0.5) is 5.13 Å². The van der Waals surface area contributed by atoms with E-state index in [0.29, 0.717) is 12.0 Å². The summed E-state index contributed by atoms with van der Waals surface area (Å²) in [6, 6.07) is 10.7. The SMILES string of the molecule is NC1CC(C2CCN(c3nc(-c4ccccc4)ns3)CC2)NN1. The van der Waals surface area contributed by atoms with E-state index in [1.165, 1.54) is 24.4 Å². The lowest BCUT2D eigenvalue weighted by atomic mass is 9.88. The smallest absolute Gasteiger partial charge is 0.205 e. The monoisotopic (exact) mass is 330 g/mol. The van der Waals surface area contributed by atoms with Crippen molar-refractivity contribution in [1.82, 2.24) is 20.2 Å². The van der Waals surface area contributed by atoms with Crippen molar-refractivity contribution in [2.75, 3.05) is 18.0 Å². The highest BCUT2D eigenvalue weighted by atomic mass is 32.1. The molecule has 0 saturated carbocycles. The van der Waals surface area contributed by atoms with Crippen LogP contribution >= 0.6 is 11.5 Å². The van der Waals surface area contributed by atoms with Gasteiger partial charge in [0, 0.05) is 36.2 Å². The van der Waals surface area contributed by atoms with E-state index < -0.39 is 0 Å². The van der Waals surface area contributed by atoms with Gasteiger partial charge in [-0.1, -0.05) is 30.3 Å². The summed E-state index contributed by atoms with van der Waals surface area (Å²) >= 11 is 1.50. The van der Waals surface area contributed by atoms with Crippen molar-refractivity contribution in [3.8, 4) is 11.4 Å². The molecule has 0 amide bonds. The van der Waals surface area contributed by atoms with E-state index in [1.54, 1.807) is 0 Å². The molecular formula is C16H22N6S. The van der Waals surface area contributed by atoms with Gasteiger partial charge in [-0.15, -0.1) is 0 Å². The van der Waals surface area contributed by atoms with Crippen LogP contribution in [0.5, 0.6) is 0 Å². The predicted octanol–water partition coefficient (Wildman–Crippen LogP) is 1.57. The van der Waals surface area contributed by atoms with Gasteiger partial charge in [-0.3, -0.25) is 5.43 Å². The molecule has 2 atom stereocenters. The third-order valence-electron chi connectivity index (χ3n) is 4.79. The van der Waals surface area contributed by atoms with Gasteiger partial charge in [-0.2, -0.15) is 9.36 Å². The zero-order chi connectivity index (χ0) is 15.6. The first kappa shape index (κ1) is 15.0. The van der Waals surface area contributed by atoms with Gasteiger partial charge in [0.1, 0.15) is 0 Å². The average molecular weight is 330 g/mol. The Morgan fingerprint density at radius 1 is 1.13 bits per heavy atom. The van der Waals surface area contributed by atoms with E-state index in [1.807, 2.05) is 18.2 Å². The first-order chi connectivity index (χ1) is 11.3. The van der Waals surface area contributed by atoms with Crippen LogP contribution in [-0.4, -0.2) is 34.7 Å². The maximum absolute atomic E-state index is 5.91. The van der Waals surface area contributed by atoms with E-state index >= 15 is 0 Å². The minimum atomic E-state index is 0.0922. The van der Waals surface area contributed by atoms with Gasteiger partial charge in [-0.05, 0) is 25.2 Å². The fraction of sp³-hybridized carbons (Fsp3) is 0.500. The largest absolute Gasteiger partial charge is 0.347 e. The summed E-state index contributed by atoms with van der Waals surface area (Å²) in [6.45, 7) is 2.09. The van der Waals surface area contributed by atoms with E-state index in [2.05, 4.69) is 32.3 Å². The van der Waals surface area contributed by atoms with Gasteiger partial charge in [0.25, 0.3) is 0 Å². The third-order valence-corrected chi connectivity index (χ3v) is 5.57. The number of aromatic nitrogens is 2. The van der Waals surface area contributed by atoms with E-state index in [9.17, 15) is 0 Å². The number of nitrogens with two attached hydrogens (primary N) is 1. The molecule has 2 fully saturated rings. The Balaban J connectivity index is 1.38. The summed E-state index contributed by atoms with van der Waals surface area (Å²) in [6.07, 6.45) is 3.45. The molecule has 7 heteroatoms. The second kappa shape index (κ2) is 6.52. The molecule has 3 heterocycles. The van der Waals surface area contributed by atoms with Crippen LogP contribution in [-0.2, 0) is 0 Å². The highest BCUT2D eigenvalue weighted by molar-refractivity contribution is 7.09. The topological polar surface area (TPSA) is 79.1 Å². The van der Waals surface area contributed by atoms with Crippen molar-refractivity contribution in [3.05, 3.63) is 30.3 Å². The maximum atomic E-state index is 5.91. The Kier molecular flexibility index (Phi) is 4.26. The van der Waals surface area contributed by atoms with Crippen LogP contribution in [0.1, 0.15) is 19.3 Å². The Morgan fingerprint density at radius 2 is 1.91 bits per heavy atom. The standard InChI is InChI=1S/C16H22N6S/c17-14-10-13(19-20-14)11-6-8-22(9-7-11)16-18-15(21-23-16)12-4-2-1-3-5-12/h1-5,11,13-14,19-20H,6-10,17H2. The molecule has 2 saturated heterocycles. The molecule has 2 aromatic rings. The maximum Gasteiger partial charge on any atom is 0.205 e. The van der Waals surface area contributed by atoms with Crippen LogP contribution < -0.4 is 21.5 Å². The zero-order valence-electron chi connectivity index (χ0n) is 13.0. The van der Waals surface area contributed by atoms with Crippen molar-refractivity contribution in [2.24, 2.45) is 11.7 Å². The molecule has 6 nitrogen and oxygen atoms in total. The number of nitrogens with one attached hydrogen (secondary N) is 2. The Labute approximate surface area is 140 Å². The molecule has 23 heavy (non-hydrogen) atoms. The second-order valence-corrected chi connectivity index (χ2v) is 7.06. The number of benzene rings is 1. The van der Waals surface area contributed by atoms with Gasteiger partial charge in [0.15, 0.2) is 5.82 Å². The quantitative estimate of drug-likeness (QED) is 0.793. The summed E-state index contributed by atoms with van der Waals surface area (Å²) in [4.78, 5) is 7.09. The van der Waals surface area contributed by atoms with Crippen molar-refractivity contribution in [1.29, 1.82) is 0 Å². The van der Waals surface area contributed by atoms with Gasteiger partial charge in [-0.25, -0.2) is 5.43 Å². The number of hydrazine groups is 1. The molecular weight excluding hydrogens is 308 g/mol. The van der Waals surface area contributed by atoms with Crippen LogP contribution in [0, 0.1) is 5.92 Å². The lowest BCUT2D eigenvalue weighted by Crippen LogP contribution is -2.43. The molecule has 4 N–H and O–H groups in total. The number of hydrogen-bond donors (Lipinski definition) is 3. The molecule has 0 aliphatic carbocycles. The molecule has 2 unspecified atom stereocenters. The number of rotatable bonds is 3. The van der Waals surface area contributed by atoms with Crippen molar-refractivity contribution in [2.45, 2.75) is 31.5 Å². The number of hydrogen-bond acceptors (Lipinski definition) is 7. The average Bonchev–Trinajstić information content (AvgIpc) is 3.25. The fourth-order valence-corrected chi connectivity index (χ4v) is 4.20. The summed E-state index contributed by atoms with van der Waals surface area (Å²) < 4.78 is 4.52. The molecule has 122 valence electrons. The molecule has 2 aliphatic rings. The molecule has 0 radical (unpaired) electrons. The van der Waals surface area contributed by atoms with Crippen LogP contribution in [0.25, 0.3) is 11.4 Å². The van der Waals surface area contributed by atoms with Crippen LogP contribution in [0.2, 0.25) is 0 Å². The molecule has 4 rings (SSSR count). The minimum Gasteiger partial charge on any atom is -0.347 e. The second-order valence-electron chi connectivity index (χ2n) is 6.33. The first-order valence-electron chi connectivity index (χ1n) is 8.20. The summed E-state index contributed by atoms with van der Waals surface area (Å²) in [5, 5.41) is 1.04. The first-order valence-corrected chi connectivity index (χ1v) is 8.97. The Hall–Kier alpha value is -1.54. The summed E-state index contributed by atoms with van der Waals surface area (Å²) in [5.41, 5.74) is 13.5. The fourth-order valence-electron chi connectivity index (χ4n) is 3.46. The number of anilines is 1. The zero-order valence-corrected chi connectivity index (χ0v) is 13.8. The molecule has 2 aliphatic heterocycles. The molecule has 1 aromatic carbocycles. The van der Waals surface area contributed by atoms with E-state index in [-0.39, 0.29) is 6.17 Å². The van der Waals surface area contributed by atoms with Crippen LogP contribution in [0.15, 0.2) is 30.3 Å².